The minimum Gasteiger partial charge on any atom is -0.479 e. The standard InChI is InChI=1S/C20H18ClN9O6/c21-18-24-13(22)9-14(25-18)30(7-23-9)15-10(31)20(34)11(35-15)12(20)36-19(17(32)33,16-26-28-29-27-16)6-8-4-2-1-3-5-8/h1-5,7,10-12,15,31,34H,6H2,(H,32,33)(H2,22,24,25)(H,26,27,28,29)/t10-,11+,12?,15+,19-,20-/m0/s1. The number of aliphatic carboxylic acids is 1. The Balaban J connectivity index is 1.31. The summed E-state index contributed by atoms with van der Waals surface area (Å²) in [5.74, 6) is -1.54. The van der Waals surface area contributed by atoms with Crippen molar-refractivity contribution in [2.24, 2.45) is 0 Å². The topological polar surface area (TPSA) is 220 Å². The highest BCUT2D eigenvalue weighted by Gasteiger charge is 2.79. The first-order chi connectivity index (χ1) is 17.3. The van der Waals surface area contributed by atoms with Crippen molar-refractivity contribution in [1.29, 1.82) is 0 Å². The molecule has 1 saturated heterocycles. The Hall–Kier alpha value is -3.76. The quantitative estimate of drug-likeness (QED) is 0.190. The summed E-state index contributed by atoms with van der Waals surface area (Å²) in [4.78, 5) is 24.6. The maximum atomic E-state index is 12.6. The van der Waals surface area contributed by atoms with Crippen molar-refractivity contribution in [2.45, 2.75) is 42.2 Å². The molecule has 3 aromatic heterocycles. The van der Waals surface area contributed by atoms with Gasteiger partial charge in [0.2, 0.25) is 10.9 Å². The number of aliphatic hydroxyl groups is 2. The summed E-state index contributed by atoms with van der Waals surface area (Å²) in [7, 11) is 0. The predicted octanol–water partition coefficient (Wildman–Crippen LogP) is -0.814. The van der Waals surface area contributed by atoms with E-state index >= 15 is 0 Å². The predicted molar refractivity (Wildman–Crippen MR) is 118 cm³/mol. The number of imidazole rings is 1. The van der Waals surface area contributed by atoms with Gasteiger partial charge >= 0.3 is 5.97 Å². The Kier molecular flexibility index (Phi) is 4.96. The van der Waals surface area contributed by atoms with Gasteiger partial charge in [-0.2, -0.15) is 9.97 Å². The maximum Gasteiger partial charge on any atom is 0.344 e. The number of aromatic nitrogens is 8. The van der Waals surface area contributed by atoms with Crippen LogP contribution in [0.1, 0.15) is 17.6 Å². The monoisotopic (exact) mass is 515 g/mol. The average Bonchev–Trinajstić information content (AvgIpc) is 3.35. The highest BCUT2D eigenvalue weighted by Crippen LogP contribution is 2.57. The van der Waals surface area contributed by atoms with Crippen LogP contribution in [0.5, 0.6) is 0 Å². The highest BCUT2D eigenvalue weighted by atomic mass is 35.5. The van der Waals surface area contributed by atoms with Gasteiger partial charge in [-0.25, -0.2) is 14.9 Å². The number of carboxylic acid groups (broad SMARTS) is 1. The van der Waals surface area contributed by atoms with E-state index in [9.17, 15) is 20.1 Å². The van der Waals surface area contributed by atoms with Crippen molar-refractivity contribution in [1.82, 2.24) is 40.1 Å². The smallest absolute Gasteiger partial charge is 0.344 e. The first-order valence-electron chi connectivity index (χ1n) is 10.7. The fourth-order valence-corrected chi connectivity index (χ4v) is 4.78. The van der Waals surface area contributed by atoms with Gasteiger partial charge in [-0.3, -0.25) is 4.57 Å². The number of nitrogens with zero attached hydrogens (tertiary/aromatic N) is 7. The first kappa shape index (κ1) is 22.7. The molecule has 6 rings (SSSR count). The van der Waals surface area contributed by atoms with Gasteiger partial charge in [-0.1, -0.05) is 30.3 Å². The molecule has 0 bridgehead atoms. The second kappa shape index (κ2) is 7.87. The first-order valence-corrected chi connectivity index (χ1v) is 11.0. The Morgan fingerprint density at radius 3 is 2.75 bits per heavy atom. The zero-order chi connectivity index (χ0) is 25.2. The number of hydrogen-bond acceptors (Lipinski definition) is 12. The normalized spacial score (nSPS) is 28.6. The van der Waals surface area contributed by atoms with Crippen molar-refractivity contribution >= 4 is 34.6 Å². The summed E-state index contributed by atoms with van der Waals surface area (Å²) >= 11 is 5.91. The van der Waals surface area contributed by atoms with Crippen LogP contribution < -0.4 is 5.73 Å². The second-order valence-corrected chi connectivity index (χ2v) is 8.90. The molecule has 0 radical (unpaired) electrons. The summed E-state index contributed by atoms with van der Waals surface area (Å²) in [6.07, 6.45) is -3.81. The lowest BCUT2D eigenvalue weighted by molar-refractivity contribution is -0.187. The van der Waals surface area contributed by atoms with E-state index in [0.717, 1.165) is 0 Å². The van der Waals surface area contributed by atoms with Crippen LogP contribution in [0.25, 0.3) is 11.2 Å². The van der Waals surface area contributed by atoms with Crippen molar-refractivity contribution in [3.8, 4) is 0 Å². The number of anilines is 1. The summed E-state index contributed by atoms with van der Waals surface area (Å²) in [6.45, 7) is 0. The fraction of sp³-hybridized carbons (Fsp3) is 0.350. The Morgan fingerprint density at radius 2 is 2.11 bits per heavy atom. The van der Waals surface area contributed by atoms with E-state index in [0.29, 0.717) is 5.56 Å². The van der Waals surface area contributed by atoms with Crippen LogP contribution in [0.4, 0.5) is 5.82 Å². The summed E-state index contributed by atoms with van der Waals surface area (Å²) in [5.41, 5.74) is 2.84. The van der Waals surface area contributed by atoms with Gasteiger partial charge in [0.05, 0.1) is 6.33 Å². The van der Waals surface area contributed by atoms with E-state index < -0.39 is 41.7 Å². The molecule has 6 atom stereocenters. The number of nitrogens with one attached hydrogen (secondary N) is 1. The summed E-state index contributed by atoms with van der Waals surface area (Å²) < 4.78 is 13.2. The molecule has 1 unspecified atom stereocenters. The van der Waals surface area contributed by atoms with Crippen LogP contribution in [0.15, 0.2) is 36.7 Å². The number of fused-ring (bicyclic) bond motifs is 2. The van der Waals surface area contributed by atoms with Gasteiger partial charge in [-0.15, -0.1) is 5.10 Å². The maximum absolute atomic E-state index is 12.6. The summed E-state index contributed by atoms with van der Waals surface area (Å²) in [5, 5.41) is 45.6. The molecule has 16 heteroatoms. The van der Waals surface area contributed by atoms with E-state index in [2.05, 4.69) is 35.6 Å². The number of ether oxygens (including phenoxy) is 2. The van der Waals surface area contributed by atoms with Gasteiger partial charge in [0.25, 0.3) is 0 Å². The SMILES string of the molecule is Nc1nc(Cl)nc2c1ncn2[C@@H]1O[C@@H]2C(O[C@](Cc3ccccc3)(C(=O)O)c3nnn[nH]3)[C@]2(O)[C@H]1O. The number of carbonyl (C=O) groups is 1. The van der Waals surface area contributed by atoms with E-state index in [1.165, 1.54) is 10.9 Å². The lowest BCUT2D eigenvalue weighted by Crippen LogP contribution is -2.46. The molecule has 0 amide bonds. The number of carboxylic acids is 1. The third kappa shape index (κ3) is 3.17. The van der Waals surface area contributed by atoms with Crippen LogP contribution in [-0.2, 0) is 26.3 Å². The molecular formula is C20H18ClN9O6. The number of H-pyrrole nitrogens is 1. The van der Waals surface area contributed by atoms with Gasteiger partial charge < -0.3 is 30.5 Å². The molecule has 4 aromatic rings. The average molecular weight is 516 g/mol. The number of hydrogen-bond donors (Lipinski definition) is 5. The number of nitrogens with two attached hydrogens (primary N) is 1. The van der Waals surface area contributed by atoms with Crippen molar-refractivity contribution in [2.75, 3.05) is 5.73 Å². The molecule has 6 N–H and O–H groups in total. The largest absolute Gasteiger partial charge is 0.479 e. The van der Waals surface area contributed by atoms with Crippen LogP contribution in [-0.4, -0.2) is 85.3 Å². The number of benzene rings is 1. The molecule has 1 saturated carbocycles. The second-order valence-electron chi connectivity index (χ2n) is 8.56. The fourth-order valence-electron chi connectivity index (χ4n) is 4.61. The van der Waals surface area contributed by atoms with Gasteiger partial charge in [-0.05, 0) is 27.6 Å². The van der Waals surface area contributed by atoms with Crippen LogP contribution in [0, 0.1) is 0 Å². The lowest BCUT2D eigenvalue weighted by Gasteiger charge is -2.30. The Morgan fingerprint density at radius 1 is 1.33 bits per heavy atom. The summed E-state index contributed by atoms with van der Waals surface area (Å²) in [6, 6.07) is 8.71. The zero-order valence-corrected chi connectivity index (χ0v) is 18.9. The molecule has 4 heterocycles. The van der Waals surface area contributed by atoms with Crippen LogP contribution >= 0.6 is 11.6 Å². The van der Waals surface area contributed by atoms with Crippen LogP contribution in [0.3, 0.4) is 0 Å². The number of nitrogen functional groups attached to an aromatic ring is 1. The molecule has 36 heavy (non-hydrogen) atoms. The number of aliphatic hydroxyl groups excluding tert-OH is 1. The van der Waals surface area contributed by atoms with Crippen molar-refractivity contribution in [3.05, 3.63) is 53.3 Å². The zero-order valence-electron chi connectivity index (χ0n) is 18.1. The molecule has 1 aliphatic carbocycles. The number of halogens is 1. The van der Waals surface area contributed by atoms with E-state index in [1.54, 1.807) is 30.3 Å². The minimum absolute atomic E-state index is 0.0362. The number of aromatic amines is 1. The molecule has 1 aromatic carbocycles. The third-order valence-electron chi connectivity index (χ3n) is 6.50. The van der Waals surface area contributed by atoms with Crippen molar-refractivity contribution < 1.29 is 29.6 Å². The Bertz CT molecular complexity index is 1450. The van der Waals surface area contributed by atoms with Gasteiger partial charge in [0, 0.05) is 6.42 Å². The molecule has 2 aliphatic rings. The molecule has 15 nitrogen and oxygen atoms in total. The highest BCUT2D eigenvalue weighted by molar-refractivity contribution is 6.28. The molecule has 2 fully saturated rings. The molecular weight excluding hydrogens is 498 g/mol. The molecule has 1 aliphatic heterocycles. The lowest BCUT2D eigenvalue weighted by atomic mass is 9.93. The Labute approximate surface area is 205 Å². The molecule has 0 spiro atoms. The van der Waals surface area contributed by atoms with Gasteiger partial charge in [0.15, 0.2) is 29.1 Å². The minimum atomic E-state index is -2.11. The van der Waals surface area contributed by atoms with E-state index in [-0.39, 0.29) is 34.5 Å². The van der Waals surface area contributed by atoms with E-state index in [1.807, 2.05) is 0 Å². The van der Waals surface area contributed by atoms with Crippen LogP contribution in [0.2, 0.25) is 5.28 Å². The van der Waals surface area contributed by atoms with Gasteiger partial charge in [0.1, 0.15) is 23.8 Å². The third-order valence-corrected chi connectivity index (χ3v) is 6.67. The number of rotatable bonds is 7. The number of tetrazole rings is 1. The van der Waals surface area contributed by atoms with Crippen molar-refractivity contribution in [3.63, 3.8) is 0 Å². The molecule has 186 valence electrons. The van der Waals surface area contributed by atoms with E-state index in [4.69, 9.17) is 26.8 Å².